The van der Waals surface area contributed by atoms with Gasteiger partial charge in [-0.05, 0) is 19.8 Å². The fraction of sp³-hybridized carbons (Fsp3) is 0.667. The highest BCUT2D eigenvalue weighted by Crippen LogP contribution is 2.27. The Kier molecular flexibility index (Phi) is 3.59. The van der Waals surface area contributed by atoms with Crippen LogP contribution in [0.25, 0.3) is 0 Å². The first-order valence-corrected chi connectivity index (χ1v) is 5.91. The summed E-state index contributed by atoms with van der Waals surface area (Å²) in [6, 6.07) is 0. The van der Waals surface area contributed by atoms with Crippen LogP contribution in [0.4, 0.5) is 0 Å². The van der Waals surface area contributed by atoms with E-state index in [-0.39, 0.29) is 5.97 Å². The molecule has 2 aliphatic rings. The number of ether oxygens (including phenoxy) is 1. The van der Waals surface area contributed by atoms with Crippen molar-refractivity contribution in [2.45, 2.75) is 26.2 Å². The third kappa shape index (κ3) is 2.62. The first-order valence-electron chi connectivity index (χ1n) is 5.91. The Bertz CT molecular complexity index is 317. The van der Waals surface area contributed by atoms with E-state index < -0.39 is 0 Å². The number of aliphatic imine (C=N–C) groups is 1. The smallest absolute Gasteiger partial charge is 0.306 e. The number of hydrogen-bond acceptors (Lipinski definition) is 4. The number of carbonyl (C=O) groups is 1. The van der Waals surface area contributed by atoms with Crippen LogP contribution in [0, 0.1) is 5.92 Å². The van der Waals surface area contributed by atoms with Crippen molar-refractivity contribution in [3.05, 3.63) is 11.9 Å². The van der Waals surface area contributed by atoms with Gasteiger partial charge < -0.3 is 9.64 Å². The number of esters is 1. The summed E-state index contributed by atoms with van der Waals surface area (Å²) in [5, 5.41) is 0. The molecule has 2 rings (SSSR count). The number of allylic oxidation sites excluding steroid dienone is 1. The molecular formula is C12H18N2O2. The summed E-state index contributed by atoms with van der Waals surface area (Å²) in [5.74, 6) is 0.397. The van der Waals surface area contributed by atoms with E-state index in [1.807, 2.05) is 19.3 Å². The van der Waals surface area contributed by atoms with E-state index in [1.54, 1.807) is 0 Å². The molecule has 4 heteroatoms. The standard InChI is InChI=1S/C12H18N2O2/c1-2-16-12(15)6-10-8-14(9-10)11-4-3-5-13-7-11/h5,7,10H,2-4,6,8-9H2,1H3. The molecule has 0 aromatic heterocycles. The molecule has 2 heterocycles. The van der Waals surface area contributed by atoms with Crippen LogP contribution >= 0.6 is 0 Å². The van der Waals surface area contributed by atoms with Crippen molar-refractivity contribution in [3.8, 4) is 0 Å². The maximum atomic E-state index is 11.3. The van der Waals surface area contributed by atoms with E-state index in [2.05, 4.69) is 9.89 Å². The van der Waals surface area contributed by atoms with Gasteiger partial charge in [0.25, 0.3) is 0 Å². The molecule has 0 aliphatic carbocycles. The van der Waals surface area contributed by atoms with Gasteiger partial charge in [-0.3, -0.25) is 9.79 Å². The fourth-order valence-electron chi connectivity index (χ4n) is 2.12. The molecule has 0 saturated carbocycles. The number of carbonyl (C=O) groups excluding carboxylic acids is 1. The normalized spacial score (nSPS) is 20.3. The van der Waals surface area contributed by atoms with Gasteiger partial charge in [0.2, 0.25) is 0 Å². The van der Waals surface area contributed by atoms with E-state index >= 15 is 0 Å². The lowest BCUT2D eigenvalue weighted by Gasteiger charge is -2.42. The van der Waals surface area contributed by atoms with E-state index in [4.69, 9.17) is 4.74 Å². The van der Waals surface area contributed by atoms with Gasteiger partial charge in [-0.15, -0.1) is 0 Å². The average Bonchev–Trinajstić information content (AvgIpc) is 2.24. The predicted octanol–water partition coefficient (Wildman–Crippen LogP) is 1.58. The highest BCUT2D eigenvalue weighted by atomic mass is 16.5. The molecule has 0 spiro atoms. The second-order valence-electron chi connectivity index (χ2n) is 4.27. The number of hydrogen-bond donors (Lipinski definition) is 0. The fourth-order valence-corrected chi connectivity index (χ4v) is 2.12. The average molecular weight is 222 g/mol. The zero-order chi connectivity index (χ0) is 11.4. The Morgan fingerprint density at radius 3 is 3.06 bits per heavy atom. The minimum atomic E-state index is -0.0669. The SMILES string of the molecule is CCOC(=O)CC1CN(C2=CN=CCC2)C1. The van der Waals surface area contributed by atoms with Crippen molar-refractivity contribution in [1.29, 1.82) is 0 Å². The molecule has 88 valence electrons. The van der Waals surface area contributed by atoms with Crippen molar-refractivity contribution >= 4 is 12.2 Å². The van der Waals surface area contributed by atoms with Crippen LogP contribution in [0.1, 0.15) is 26.2 Å². The molecule has 0 radical (unpaired) electrons. The third-order valence-corrected chi connectivity index (χ3v) is 2.98. The molecule has 0 N–H and O–H groups in total. The Hall–Kier alpha value is -1.32. The first-order chi connectivity index (χ1) is 7.79. The summed E-state index contributed by atoms with van der Waals surface area (Å²) in [5.41, 5.74) is 1.31. The van der Waals surface area contributed by atoms with Gasteiger partial charge >= 0.3 is 5.97 Å². The molecule has 0 bridgehead atoms. The van der Waals surface area contributed by atoms with E-state index in [0.717, 1.165) is 25.9 Å². The lowest BCUT2D eigenvalue weighted by atomic mass is 9.95. The number of likely N-dealkylation sites (tertiary alicyclic amines) is 1. The Morgan fingerprint density at radius 1 is 1.62 bits per heavy atom. The molecule has 2 aliphatic heterocycles. The van der Waals surface area contributed by atoms with Crippen LogP contribution in [-0.4, -0.2) is 36.8 Å². The summed E-state index contributed by atoms with van der Waals surface area (Å²) >= 11 is 0. The summed E-state index contributed by atoms with van der Waals surface area (Å²) in [6.45, 7) is 4.27. The summed E-state index contributed by atoms with van der Waals surface area (Å²) in [4.78, 5) is 17.7. The van der Waals surface area contributed by atoms with Gasteiger partial charge in [-0.25, -0.2) is 0 Å². The Morgan fingerprint density at radius 2 is 2.44 bits per heavy atom. The highest BCUT2D eigenvalue weighted by Gasteiger charge is 2.30. The molecule has 0 aromatic rings. The van der Waals surface area contributed by atoms with Crippen LogP contribution in [0.5, 0.6) is 0 Å². The van der Waals surface area contributed by atoms with Gasteiger partial charge in [-0.2, -0.15) is 0 Å². The Labute approximate surface area is 96.0 Å². The molecular weight excluding hydrogens is 204 g/mol. The zero-order valence-corrected chi connectivity index (χ0v) is 9.69. The van der Waals surface area contributed by atoms with E-state index in [0.29, 0.717) is 18.9 Å². The van der Waals surface area contributed by atoms with Crippen molar-refractivity contribution in [1.82, 2.24) is 4.90 Å². The minimum Gasteiger partial charge on any atom is -0.466 e. The largest absolute Gasteiger partial charge is 0.466 e. The quantitative estimate of drug-likeness (QED) is 0.678. The van der Waals surface area contributed by atoms with Gasteiger partial charge in [0, 0.05) is 37.1 Å². The monoisotopic (exact) mass is 222 g/mol. The van der Waals surface area contributed by atoms with Crippen molar-refractivity contribution in [2.75, 3.05) is 19.7 Å². The summed E-state index contributed by atoms with van der Waals surface area (Å²) in [6.07, 6.45) is 6.55. The lowest BCUT2D eigenvalue weighted by Crippen LogP contribution is -2.46. The third-order valence-electron chi connectivity index (χ3n) is 2.98. The Balaban J connectivity index is 1.71. The van der Waals surface area contributed by atoms with Crippen LogP contribution in [0.2, 0.25) is 0 Å². The predicted molar refractivity (Wildman–Crippen MR) is 62.1 cm³/mol. The van der Waals surface area contributed by atoms with Crippen molar-refractivity contribution < 1.29 is 9.53 Å². The van der Waals surface area contributed by atoms with Crippen molar-refractivity contribution in [2.24, 2.45) is 10.9 Å². The number of rotatable bonds is 4. The molecule has 0 aromatic carbocycles. The van der Waals surface area contributed by atoms with E-state index in [9.17, 15) is 4.79 Å². The van der Waals surface area contributed by atoms with Crippen LogP contribution in [0.3, 0.4) is 0 Å². The van der Waals surface area contributed by atoms with Crippen LogP contribution in [0.15, 0.2) is 16.9 Å². The first kappa shape index (κ1) is 11.2. The molecule has 1 saturated heterocycles. The highest BCUT2D eigenvalue weighted by molar-refractivity contribution is 5.69. The minimum absolute atomic E-state index is 0.0669. The number of nitrogens with zero attached hydrogens (tertiary/aromatic N) is 2. The molecule has 4 nitrogen and oxygen atoms in total. The van der Waals surface area contributed by atoms with E-state index in [1.165, 1.54) is 5.70 Å². The van der Waals surface area contributed by atoms with Gasteiger partial charge in [0.05, 0.1) is 13.0 Å². The molecule has 0 atom stereocenters. The second kappa shape index (κ2) is 5.14. The van der Waals surface area contributed by atoms with Gasteiger partial charge in [-0.1, -0.05) is 0 Å². The molecule has 0 unspecified atom stereocenters. The maximum absolute atomic E-state index is 11.3. The van der Waals surface area contributed by atoms with Crippen LogP contribution in [-0.2, 0) is 9.53 Å². The van der Waals surface area contributed by atoms with Crippen molar-refractivity contribution in [3.63, 3.8) is 0 Å². The molecule has 16 heavy (non-hydrogen) atoms. The van der Waals surface area contributed by atoms with Gasteiger partial charge in [0.1, 0.15) is 0 Å². The second-order valence-corrected chi connectivity index (χ2v) is 4.27. The summed E-state index contributed by atoms with van der Waals surface area (Å²) < 4.78 is 4.93. The summed E-state index contributed by atoms with van der Waals surface area (Å²) in [7, 11) is 0. The topological polar surface area (TPSA) is 41.9 Å². The van der Waals surface area contributed by atoms with Gasteiger partial charge in [0.15, 0.2) is 0 Å². The molecule has 1 fully saturated rings. The molecule has 0 amide bonds. The van der Waals surface area contributed by atoms with Crippen LogP contribution < -0.4 is 0 Å². The zero-order valence-electron chi connectivity index (χ0n) is 9.69. The lowest BCUT2D eigenvalue weighted by molar-refractivity contribution is -0.145. The maximum Gasteiger partial charge on any atom is 0.306 e.